The molecule has 0 saturated carbocycles. The topological polar surface area (TPSA) is 47.6 Å². The normalized spacial score (nSPS) is 11.5. The van der Waals surface area contributed by atoms with Crippen LogP contribution in [0.1, 0.15) is 5.56 Å². The zero-order valence-electron chi connectivity index (χ0n) is 5.57. The number of thiophene rings is 1. The van der Waals surface area contributed by atoms with Gasteiger partial charge in [0.2, 0.25) is 0 Å². The van der Waals surface area contributed by atoms with Crippen LogP contribution >= 0.6 is 11.3 Å². The molecule has 0 spiro atoms. The summed E-state index contributed by atoms with van der Waals surface area (Å²) in [5.74, 6) is 0.420. The third kappa shape index (κ3) is 1.48. The molecule has 0 aromatic carbocycles. The second kappa shape index (κ2) is 3.22. The Morgan fingerprint density at radius 3 is 3.10 bits per heavy atom. The van der Waals surface area contributed by atoms with Crippen LogP contribution in [0.2, 0.25) is 0 Å². The highest BCUT2D eigenvalue weighted by Crippen LogP contribution is 2.04. The summed E-state index contributed by atoms with van der Waals surface area (Å²) in [6, 6.07) is 1.89. The number of hydrogen-bond acceptors (Lipinski definition) is 3. The summed E-state index contributed by atoms with van der Waals surface area (Å²) < 4.78 is 0. The molecule has 0 atom stereocenters. The van der Waals surface area contributed by atoms with Crippen molar-refractivity contribution in [2.24, 2.45) is 10.9 Å². The van der Waals surface area contributed by atoms with Gasteiger partial charge < -0.3 is 10.6 Å². The van der Waals surface area contributed by atoms with Gasteiger partial charge >= 0.3 is 0 Å². The molecule has 1 heterocycles. The fraction of sp³-hybridized carbons (Fsp3) is 0.167. The first-order valence-electron chi connectivity index (χ1n) is 2.74. The summed E-state index contributed by atoms with van der Waals surface area (Å²) in [4.78, 5) is 4.50. The highest BCUT2D eigenvalue weighted by atomic mass is 32.1. The third-order valence-corrected chi connectivity index (χ3v) is 1.69. The first-order valence-corrected chi connectivity index (χ1v) is 3.68. The van der Waals surface area contributed by atoms with E-state index >= 15 is 0 Å². The van der Waals surface area contributed by atoms with Crippen LogP contribution in [-0.2, 0) is 4.84 Å². The van der Waals surface area contributed by atoms with Crippen LogP contribution in [0.25, 0.3) is 0 Å². The molecule has 10 heavy (non-hydrogen) atoms. The summed E-state index contributed by atoms with van der Waals surface area (Å²) in [7, 11) is 1.47. The van der Waals surface area contributed by atoms with E-state index in [0.29, 0.717) is 5.84 Å². The summed E-state index contributed by atoms with van der Waals surface area (Å²) in [6.07, 6.45) is 0. The standard InChI is InChI=1S/C6H8N2OS/c1-9-8-6(7)5-2-3-10-4-5/h2-4H,1H3,(H2,7,8). The van der Waals surface area contributed by atoms with Gasteiger partial charge in [-0.2, -0.15) is 11.3 Å². The molecule has 1 aromatic rings. The van der Waals surface area contributed by atoms with Gasteiger partial charge in [0.1, 0.15) is 7.11 Å². The van der Waals surface area contributed by atoms with Gasteiger partial charge in [0.15, 0.2) is 5.84 Å². The summed E-state index contributed by atoms with van der Waals surface area (Å²) in [6.45, 7) is 0. The Morgan fingerprint density at radius 1 is 1.80 bits per heavy atom. The predicted octanol–water partition coefficient (Wildman–Crippen LogP) is 1.01. The van der Waals surface area contributed by atoms with Crippen molar-refractivity contribution in [2.75, 3.05) is 7.11 Å². The number of nitrogens with zero attached hydrogens (tertiary/aromatic N) is 1. The third-order valence-electron chi connectivity index (χ3n) is 1.01. The number of nitrogens with two attached hydrogens (primary N) is 1. The molecule has 0 aliphatic heterocycles. The lowest BCUT2D eigenvalue weighted by Crippen LogP contribution is -2.11. The van der Waals surface area contributed by atoms with Gasteiger partial charge in [-0.05, 0) is 11.4 Å². The molecule has 4 heteroatoms. The molecule has 0 radical (unpaired) electrons. The molecule has 54 valence electrons. The van der Waals surface area contributed by atoms with Crippen LogP contribution in [0, 0.1) is 0 Å². The summed E-state index contributed by atoms with van der Waals surface area (Å²) in [5, 5.41) is 7.42. The maximum Gasteiger partial charge on any atom is 0.171 e. The first-order chi connectivity index (χ1) is 4.84. The van der Waals surface area contributed by atoms with Crippen molar-refractivity contribution < 1.29 is 4.84 Å². The van der Waals surface area contributed by atoms with E-state index in [0.717, 1.165) is 5.56 Å². The number of hydrogen-bond donors (Lipinski definition) is 1. The van der Waals surface area contributed by atoms with Gasteiger partial charge in [0.05, 0.1) is 0 Å². The van der Waals surface area contributed by atoms with Gasteiger partial charge in [0.25, 0.3) is 0 Å². The minimum atomic E-state index is 0.420. The second-order valence-electron chi connectivity index (χ2n) is 1.67. The van der Waals surface area contributed by atoms with Crippen molar-refractivity contribution in [3.05, 3.63) is 22.4 Å². The van der Waals surface area contributed by atoms with Crippen LogP contribution < -0.4 is 5.73 Å². The molecule has 1 rings (SSSR count). The van der Waals surface area contributed by atoms with Gasteiger partial charge in [-0.3, -0.25) is 0 Å². The molecule has 0 bridgehead atoms. The molecule has 1 aromatic heterocycles. The molecule has 0 aliphatic carbocycles. The zero-order chi connectivity index (χ0) is 7.40. The summed E-state index contributed by atoms with van der Waals surface area (Å²) in [5.41, 5.74) is 6.39. The van der Waals surface area contributed by atoms with Gasteiger partial charge in [0, 0.05) is 10.9 Å². The Balaban J connectivity index is 2.77. The van der Waals surface area contributed by atoms with Crippen molar-refractivity contribution in [1.82, 2.24) is 0 Å². The quantitative estimate of drug-likeness (QED) is 0.394. The van der Waals surface area contributed by atoms with Crippen molar-refractivity contribution in [1.29, 1.82) is 0 Å². The Kier molecular flexibility index (Phi) is 2.28. The lowest BCUT2D eigenvalue weighted by atomic mass is 10.3. The average Bonchev–Trinajstić information content (AvgIpc) is 2.38. The number of amidine groups is 1. The molecule has 0 fully saturated rings. The van der Waals surface area contributed by atoms with E-state index in [-0.39, 0.29) is 0 Å². The van der Waals surface area contributed by atoms with Crippen LogP contribution in [0.4, 0.5) is 0 Å². The van der Waals surface area contributed by atoms with Gasteiger partial charge in [-0.25, -0.2) is 0 Å². The van der Waals surface area contributed by atoms with Crippen molar-refractivity contribution >= 4 is 17.2 Å². The highest BCUT2D eigenvalue weighted by molar-refractivity contribution is 7.08. The lowest BCUT2D eigenvalue weighted by molar-refractivity contribution is 0.213. The fourth-order valence-electron chi connectivity index (χ4n) is 0.561. The van der Waals surface area contributed by atoms with Gasteiger partial charge in [-0.1, -0.05) is 5.16 Å². The van der Waals surface area contributed by atoms with Crippen molar-refractivity contribution in [3.8, 4) is 0 Å². The molecule has 0 aliphatic rings. The Hall–Kier alpha value is -1.03. The number of rotatable bonds is 2. The van der Waals surface area contributed by atoms with E-state index in [2.05, 4.69) is 9.99 Å². The van der Waals surface area contributed by atoms with E-state index in [1.54, 1.807) is 11.3 Å². The molecule has 0 unspecified atom stereocenters. The lowest BCUT2D eigenvalue weighted by Gasteiger charge is -1.92. The van der Waals surface area contributed by atoms with Crippen LogP contribution in [0.5, 0.6) is 0 Å². The van der Waals surface area contributed by atoms with Crippen LogP contribution in [0.3, 0.4) is 0 Å². The first kappa shape index (κ1) is 7.08. The molecular formula is C6H8N2OS. The molecular weight excluding hydrogens is 148 g/mol. The maximum absolute atomic E-state index is 5.48. The zero-order valence-corrected chi connectivity index (χ0v) is 6.39. The Labute approximate surface area is 63.1 Å². The van der Waals surface area contributed by atoms with E-state index in [9.17, 15) is 0 Å². The fourth-order valence-corrected chi connectivity index (χ4v) is 1.21. The van der Waals surface area contributed by atoms with Crippen LogP contribution in [0.15, 0.2) is 22.0 Å². The van der Waals surface area contributed by atoms with Crippen LogP contribution in [-0.4, -0.2) is 12.9 Å². The number of oxime groups is 1. The van der Waals surface area contributed by atoms with Crippen molar-refractivity contribution in [2.45, 2.75) is 0 Å². The Morgan fingerprint density at radius 2 is 2.60 bits per heavy atom. The molecule has 2 N–H and O–H groups in total. The molecule has 0 amide bonds. The van der Waals surface area contributed by atoms with E-state index in [4.69, 9.17) is 5.73 Å². The average molecular weight is 156 g/mol. The smallest absolute Gasteiger partial charge is 0.171 e. The minimum absolute atomic E-state index is 0.420. The SMILES string of the molecule is CO/N=C(/N)c1ccsc1. The maximum atomic E-state index is 5.48. The van der Waals surface area contributed by atoms with Crippen molar-refractivity contribution in [3.63, 3.8) is 0 Å². The molecule has 0 saturated heterocycles. The summed E-state index contributed by atoms with van der Waals surface area (Å²) >= 11 is 1.58. The monoisotopic (exact) mass is 156 g/mol. The van der Waals surface area contributed by atoms with E-state index in [1.165, 1.54) is 7.11 Å². The predicted molar refractivity (Wildman–Crippen MR) is 42.1 cm³/mol. The second-order valence-corrected chi connectivity index (χ2v) is 2.45. The van der Waals surface area contributed by atoms with E-state index in [1.807, 2.05) is 16.8 Å². The van der Waals surface area contributed by atoms with Gasteiger partial charge in [-0.15, -0.1) is 0 Å². The van der Waals surface area contributed by atoms with E-state index < -0.39 is 0 Å². The largest absolute Gasteiger partial charge is 0.397 e. The minimum Gasteiger partial charge on any atom is -0.397 e. The Bertz CT molecular complexity index is 218. The highest BCUT2D eigenvalue weighted by Gasteiger charge is 1.96. The molecule has 3 nitrogen and oxygen atoms in total.